The molecule has 3 rings (SSSR count). The van der Waals surface area contributed by atoms with Gasteiger partial charge in [-0.2, -0.15) is 0 Å². The van der Waals surface area contributed by atoms with Crippen molar-refractivity contribution >= 4 is 17.5 Å². The van der Waals surface area contributed by atoms with Crippen LogP contribution in [0, 0.1) is 11.3 Å². The molecular formula is C21H25ClN2O. The van der Waals surface area contributed by atoms with Crippen LogP contribution in [0.25, 0.3) is 11.3 Å². The Hall–Kier alpha value is -1.87. The van der Waals surface area contributed by atoms with Gasteiger partial charge in [0.05, 0.1) is 5.69 Å². The van der Waals surface area contributed by atoms with Gasteiger partial charge in [-0.15, -0.1) is 0 Å². The third-order valence-corrected chi connectivity index (χ3v) is 5.23. The molecule has 25 heavy (non-hydrogen) atoms. The number of aromatic nitrogens is 1. The second-order valence-corrected chi connectivity index (χ2v) is 8.27. The quantitative estimate of drug-likeness (QED) is 0.731. The number of carbonyl (C=O) groups is 1. The number of benzene rings is 1. The molecule has 1 saturated heterocycles. The first-order valence-electron chi connectivity index (χ1n) is 8.87. The summed E-state index contributed by atoms with van der Waals surface area (Å²) < 4.78 is 0. The molecule has 1 aromatic carbocycles. The van der Waals surface area contributed by atoms with E-state index >= 15 is 0 Å². The molecule has 1 amide bonds. The van der Waals surface area contributed by atoms with Crippen molar-refractivity contribution in [2.24, 2.45) is 11.3 Å². The van der Waals surface area contributed by atoms with Crippen LogP contribution in [0.15, 0.2) is 42.5 Å². The van der Waals surface area contributed by atoms with Gasteiger partial charge >= 0.3 is 0 Å². The summed E-state index contributed by atoms with van der Waals surface area (Å²) in [5.74, 6) is 0.506. The predicted octanol–water partition coefficient (Wildman–Crippen LogP) is 5.30. The van der Waals surface area contributed by atoms with Gasteiger partial charge in [-0.25, -0.2) is 4.98 Å². The van der Waals surface area contributed by atoms with Crippen LogP contribution in [0.3, 0.4) is 0 Å². The monoisotopic (exact) mass is 356 g/mol. The van der Waals surface area contributed by atoms with E-state index in [9.17, 15) is 4.79 Å². The number of hydrogen-bond donors (Lipinski definition) is 0. The Morgan fingerprint density at radius 1 is 1.20 bits per heavy atom. The zero-order valence-electron chi connectivity index (χ0n) is 15.1. The Bertz CT molecular complexity index is 772. The lowest BCUT2D eigenvalue weighted by Crippen LogP contribution is -2.34. The Morgan fingerprint density at radius 2 is 1.96 bits per heavy atom. The number of carbonyl (C=O) groups excluding carboxylic acids is 1. The molecule has 2 heterocycles. The molecule has 0 spiro atoms. The number of likely N-dealkylation sites (tertiary alicyclic amines) is 1. The topological polar surface area (TPSA) is 33.2 Å². The summed E-state index contributed by atoms with van der Waals surface area (Å²) in [6, 6.07) is 13.2. The molecule has 0 unspecified atom stereocenters. The fraction of sp³-hybridized carbons (Fsp3) is 0.429. The lowest BCUT2D eigenvalue weighted by atomic mass is 9.82. The zero-order chi connectivity index (χ0) is 18.0. The van der Waals surface area contributed by atoms with Crippen LogP contribution < -0.4 is 0 Å². The normalized spacial score (nSPS) is 20.2. The van der Waals surface area contributed by atoms with Crippen molar-refractivity contribution in [1.29, 1.82) is 0 Å². The summed E-state index contributed by atoms with van der Waals surface area (Å²) in [4.78, 5) is 19.6. The number of amides is 1. The maximum atomic E-state index is 13.0. The van der Waals surface area contributed by atoms with E-state index in [4.69, 9.17) is 11.6 Å². The van der Waals surface area contributed by atoms with Gasteiger partial charge in [-0.3, -0.25) is 4.79 Å². The van der Waals surface area contributed by atoms with Crippen molar-refractivity contribution in [3.63, 3.8) is 0 Å². The molecule has 3 nitrogen and oxygen atoms in total. The Labute approximate surface area is 155 Å². The van der Waals surface area contributed by atoms with E-state index in [1.807, 2.05) is 41.3 Å². The lowest BCUT2D eigenvalue weighted by Gasteiger charge is -2.23. The Morgan fingerprint density at radius 3 is 2.72 bits per heavy atom. The van der Waals surface area contributed by atoms with E-state index < -0.39 is 0 Å². The molecule has 132 valence electrons. The highest BCUT2D eigenvalue weighted by Crippen LogP contribution is 2.33. The minimum absolute atomic E-state index is 0.0125. The van der Waals surface area contributed by atoms with Gasteiger partial charge in [0.1, 0.15) is 5.69 Å². The van der Waals surface area contributed by atoms with E-state index in [2.05, 4.69) is 25.8 Å². The Kier molecular flexibility index (Phi) is 5.14. The van der Waals surface area contributed by atoms with Crippen LogP contribution in [0.2, 0.25) is 5.02 Å². The number of halogens is 1. The maximum Gasteiger partial charge on any atom is 0.272 e. The van der Waals surface area contributed by atoms with E-state index in [1.54, 1.807) is 6.07 Å². The zero-order valence-corrected chi connectivity index (χ0v) is 15.9. The van der Waals surface area contributed by atoms with Gasteiger partial charge < -0.3 is 4.90 Å². The van der Waals surface area contributed by atoms with Crippen molar-refractivity contribution in [2.45, 2.75) is 33.6 Å². The molecule has 1 aromatic heterocycles. The maximum absolute atomic E-state index is 13.0. The molecule has 0 radical (unpaired) electrons. The average Bonchev–Trinajstić information content (AvgIpc) is 2.71. The van der Waals surface area contributed by atoms with Crippen LogP contribution in [-0.2, 0) is 0 Å². The highest BCUT2D eigenvalue weighted by Gasteiger charge is 2.30. The summed E-state index contributed by atoms with van der Waals surface area (Å²) in [5.41, 5.74) is 2.36. The summed E-state index contributed by atoms with van der Waals surface area (Å²) in [6.07, 6.45) is 2.16. The largest absolute Gasteiger partial charge is 0.337 e. The van der Waals surface area contributed by atoms with Crippen LogP contribution in [0.5, 0.6) is 0 Å². The minimum Gasteiger partial charge on any atom is -0.337 e. The summed E-state index contributed by atoms with van der Waals surface area (Å²) in [5, 5.41) is 0.643. The molecule has 0 N–H and O–H groups in total. The first-order chi connectivity index (χ1) is 11.9. The van der Waals surface area contributed by atoms with Gasteiger partial charge in [-0.05, 0) is 42.4 Å². The van der Waals surface area contributed by atoms with Crippen molar-refractivity contribution < 1.29 is 4.79 Å². The van der Waals surface area contributed by atoms with E-state index in [-0.39, 0.29) is 11.3 Å². The molecule has 4 heteroatoms. The predicted molar refractivity (Wildman–Crippen MR) is 103 cm³/mol. The third kappa shape index (κ3) is 4.21. The number of pyridine rings is 1. The summed E-state index contributed by atoms with van der Waals surface area (Å²) in [7, 11) is 0. The first-order valence-corrected chi connectivity index (χ1v) is 9.25. The molecule has 0 bridgehead atoms. The summed E-state index contributed by atoms with van der Waals surface area (Å²) >= 11 is 6.28. The molecule has 1 aliphatic heterocycles. The van der Waals surface area contributed by atoms with Crippen LogP contribution in [0.4, 0.5) is 0 Å². The minimum atomic E-state index is 0.0125. The van der Waals surface area contributed by atoms with Crippen molar-refractivity contribution in [1.82, 2.24) is 9.88 Å². The molecule has 1 atom stereocenters. The van der Waals surface area contributed by atoms with Gasteiger partial charge in [0, 0.05) is 23.7 Å². The molecule has 0 saturated carbocycles. The van der Waals surface area contributed by atoms with Crippen molar-refractivity contribution in [3.05, 3.63) is 53.2 Å². The van der Waals surface area contributed by atoms with Crippen LogP contribution in [0.1, 0.15) is 44.1 Å². The molecule has 2 aromatic rings. The highest BCUT2D eigenvalue weighted by molar-refractivity contribution is 6.33. The van der Waals surface area contributed by atoms with Gasteiger partial charge in [0.15, 0.2) is 0 Å². The second-order valence-electron chi connectivity index (χ2n) is 7.86. The average molecular weight is 357 g/mol. The van der Waals surface area contributed by atoms with E-state index in [1.165, 1.54) is 0 Å². The number of nitrogens with zero attached hydrogens (tertiary/aromatic N) is 2. The fourth-order valence-electron chi connectivity index (χ4n) is 3.73. The van der Waals surface area contributed by atoms with E-state index in [0.29, 0.717) is 16.6 Å². The molecule has 1 aliphatic rings. The molecule has 0 aliphatic carbocycles. The van der Waals surface area contributed by atoms with E-state index in [0.717, 1.165) is 37.2 Å². The standard InChI is InChI=1S/C21H25ClN2O/c1-15-13-21(2,3)11-12-24(14-15)20(25)19-10-6-9-18(23-19)16-7-4-5-8-17(16)22/h4-10,15H,11-14H2,1-3H3/t15-/m1/s1. The first kappa shape index (κ1) is 17.9. The fourth-order valence-corrected chi connectivity index (χ4v) is 3.97. The second kappa shape index (κ2) is 7.17. The van der Waals surface area contributed by atoms with Crippen molar-refractivity contribution in [2.75, 3.05) is 13.1 Å². The number of rotatable bonds is 2. The number of hydrogen-bond acceptors (Lipinski definition) is 2. The molecule has 1 fully saturated rings. The highest BCUT2D eigenvalue weighted by atomic mass is 35.5. The lowest BCUT2D eigenvalue weighted by molar-refractivity contribution is 0.0737. The van der Waals surface area contributed by atoms with Crippen LogP contribution in [-0.4, -0.2) is 28.9 Å². The van der Waals surface area contributed by atoms with Gasteiger partial charge in [0.25, 0.3) is 5.91 Å². The summed E-state index contributed by atoms with van der Waals surface area (Å²) in [6.45, 7) is 8.37. The molecular weight excluding hydrogens is 332 g/mol. The smallest absolute Gasteiger partial charge is 0.272 e. The SMILES string of the molecule is C[C@H]1CN(C(=O)c2cccc(-c3ccccc3Cl)n2)CCC(C)(C)C1. The van der Waals surface area contributed by atoms with Gasteiger partial charge in [0.2, 0.25) is 0 Å². The Balaban J connectivity index is 1.86. The third-order valence-electron chi connectivity index (χ3n) is 4.90. The van der Waals surface area contributed by atoms with Crippen LogP contribution >= 0.6 is 11.6 Å². The van der Waals surface area contributed by atoms with Crippen molar-refractivity contribution in [3.8, 4) is 11.3 Å². The van der Waals surface area contributed by atoms with Gasteiger partial charge in [-0.1, -0.05) is 56.6 Å².